The van der Waals surface area contributed by atoms with Gasteiger partial charge in [0.25, 0.3) is 5.91 Å². The van der Waals surface area contributed by atoms with Gasteiger partial charge in [-0.25, -0.2) is 4.79 Å². The maximum absolute atomic E-state index is 15.2. The summed E-state index contributed by atoms with van der Waals surface area (Å²) in [4.78, 5) is 71.7. The van der Waals surface area contributed by atoms with Crippen LogP contribution in [0.1, 0.15) is 144 Å². The Hall–Kier alpha value is -2.76. The lowest BCUT2D eigenvalue weighted by atomic mass is 9.70. The first kappa shape index (κ1) is 41.4. The van der Waals surface area contributed by atoms with Crippen LogP contribution in [-0.4, -0.2) is 85.9 Å². The van der Waals surface area contributed by atoms with Crippen molar-refractivity contribution in [2.75, 3.05) is 18.8 Å². The molecule has 0 aromatic heterocycles. The summed E-state index contributed by atoms with van der Waals surface area (Å²) in [6.45, 7) is 14.2. The SMILES string of the molecule is C=CCNC(=O)C(=O)C(CCCC)NC(=O)[C@@H]1[C@H]2CCC3(CC3)[C@H]2CN1C(=O)[C@@H](NC(=O)NC1(CS(=O)C(C)(C)C)CCCCC1)C1(C)CCCCC1. The van der Waals surface area contributed by atoms with Crippen molar-refractivity contribution < 1.29 is 28.2 Å². The molecule has 4 saturated carbocycles. The maximum atomic E-state index is 15.2. The van der Waals surface area contributed by atoms with Crippen LogP contribution in [0.25, 0.3) is 0 Å². The molecule has 53 heavy (non-hydrogen) atoms. The van der Waals surface area contributed by atoms with E-state index in [4.69, 9.17) is 0 Å². The first-order valence-electron chi connectivity index (χ1n) is 20.6. The highest BCUT2D eigenvalue weighted by Gasteiger charge is 2.64. The minimum Gasteiger partial charge on any atom is -0.346 e. The average molecular weight is 758 g/mol. The van der Waals surface area contributed by atoms with Crippen LogP contribution in [0.4, 0.5) is 4.79 Å². The second-order valence-corrected chi connectivity index (χ2v) is 20.6. The monoisotopic (exact) mass is 757 g/mol. The van der Waals surface area contributed by atoms with E-state index in [1.165, 1.54) is 6.08 Å². The van der Waals surface area contributed by atoms with Crippen LogP contribution < -0.4 is 21.3 Å². The highest BCUT2D eigenvalue weighted by molar-refractivity contribution is 7.86. The van der Waals surface area contributed by atoms with E-state index in [9.17, 15) is 23.4 Å². The van der Waals surface area contributed by atoms with Gasteiger partial charge in [0, 0.05) is 34.4 Å². The molecular weight excluding hydrogens is 691 g/mol. The molecule has 0 aromatic rings. The van der Waals surface area contributed by atoms with E-state index in [2.05, 4.69) is 34.8 Å². The zero-order chi connectivity index (χ0) is 38.6. The van der Waals surface area contributed by atoms with Gasteiger partial charge in [0.1, 0.15) is 12.1 Å². The fraction of sp³-hybridized carbons (Fsp3) is 0.829. The molecule has 4 aliphatic carbocycles. The van der Waals surface area contributed by atoms with E-state index in [0.717, 1.165) is 96.3 Å². The van der Waals surface area contributed by atoms with Crippen molar-refractivity contribution >= 4 is 40.3 Å². The van der Waals surface area contributed by atoms with Gasteiger partial charge < -0.3 is 26.2 Å². The number of amides is 5. The topological polar surface area (TPSA) is 154 Å². The summed E-state index contributed by atoms with van der Waals surface area (Å²) in [5, 5.41) is 12.0. The van der Waals surface area contributed by atoms with E-state index in [1.807, 2.05) is 27.7 Å². The first-order valence-corrected chi connectivity index (χ1v) is 21.9. The smallest absolute Gasteiger partial charge is 0.315 e. The standard InChI is InChI=1S/C41H67N5O6S/c1-7-9-16-30(32(47)35(49)42-25-8-2)43-34(48)31-28-17-22-40(23-24-40)29(28)26-46(31)36(50)33(39(6)18-12-10-13-19-39)44-37(51)45-41(20-14-11-15-21-41)27-53(52)38(3,4)5/h8,28-31,33H,2,7,9-27H2,1,3-6H3,(H,42,49)(H,43,48)(H2,44,45,51)/t28-,29-,30?,31-,33+,53?/m0/s1. The Labute approximate surface area is 320 Å². The molecule has 5 aliphatic rings. The Kier molecular flexibility index (Phi) is 13.2. The molecule has 0 radical (unpaired) electrons. The summed E-state index contributed by atoms with van der Waals surface area (Å²) in [7, 11) is -1.17. The fourth-order valence-electron chi connectivity index (χ4n) is 10.0. The number of unbranched alkanes of at least 4 members (excludes halogenated alkanes) is 1. The third kappa shape index (κ3) is 9.38. The Morgan fingerprint density at radius 2 is 1.57 bits per heavy atom. The molecule has 298 valence electrons. The molecule has 5 fully saturated rings. The number of nitrogens with zero attached hydrogens (tertiary/aromatic N) is 1. The molecule has 1 aliphatic heterocycles. The number of likely N-dealkylation sites (tertiary alicyclic amines) is 1. The first-order chi connectivity index (χ1) is 25.1. The lowest BCUT2D eigenvalue weighted by molar-refractivity contribution is -0.145. The normalized spacial score (nSPS) is 27.1. The number of ketones is 1. The minimum atomic E-state index is -1.17. The van der Waals surface area contributed by atoms with Crippen molar-refractivity contribution in [2.45, 2.75) is 172 Å². The highest BCUT2D eigenvalue weighted by Crippen LogP contribution is 2.66. The molecule has 1 heterocycles. The fourth-order valence-corrected chi connectivity index (χ4v) is 11.3. The van der Waals surface area contributed by atoms with Gasteiger partial charge in [-0.05, 0) is 101 Å². The van der Waals surface area contributed by atoms with Gasteiger partial charge in [-0.2, -0.15) is 0 Å². The Bertz CT molecular complexity index is 1410. The third-order valence-corrected chi connectivity index (χ3v) is 15.6. The van der Waals surface area contributed by atoms with Crippen molar-refractivity contribution in [2.24, 2.45) is 22.7 Å². The van der Waals surface area contributed by atoms with Crippen LogP contribution >= 0.6 is 0 Å². The third-order valence-electron chi connectivity index (χ3n) is 13.5. The van der Waals surface area contributed by atoms with E-state index < -0.39 is 68.3 Å². The van der Waals surface area contributed by atoms with E-state index in [0.29, 0.717) is 25.1 Å². The molecule has 12 heteroatoms. The van der Waals surface area contributed by atoms with Crippen LogP contribution in [0.3, 0.4) is 0 Å². The van der Waals surface area contributed by atoms with Crippen LogP contribution in [0.2, 0.25) is 0 Å². The number of carbonyl (C=O) groups is 5. The van der Waals surface area contributed by atoms with Crippen LogP contribution in [-0.2, 0) is 30.0 Å². The van der Waals surface area contributed by atoms with Crippen molar-refractivity contribution in [3.63, 3.8) is 0 Å². The predicted molar refractivity (Wildman–Crippen MR) is 208 cm³/mol. The van der Waals surface area contributed by atoms with Crippen LogP contribution in [0.15, 0.2) is 12.7 Å². The van der Waals surface area contributed by atoms with Gasteiger partial charge in [-0.3, -0.25) is 23.4 Å². The molecule has 2 unspecified atom stereocenters. The number of hydrogen-bond donors (Lipinski definition) is 4. The summed E-state index contributed by atoms with van der Waals surface area (Å²) in [6, 6.07) is -3.07. The quantitative estimate of drug-likeness (QED) is 0.129. The molecule has 5 rings (SSSR count). The number of hydrogen-bond acceptors (Lipinski definition) is 6. The second kappa shape index (κ2) is 16.9. The molecule has 4 N–H and O–H groups in total. The van der Waals surface area contributed by atoms with Gasteiger partial charge in [0.05, 0.1) is 11.6 Å². The van der Waals surface area contributed by atoms with Crippen molar-refractivity contribution in [3.8, 4) is 0 Å². The minimum absolute atomic E-state index is 0.0514. The van der Waals surface area contributed by atoms with Crippen molar-refractivity contribution in [3.05, 3.63) is 12.7 Å². The van der Waals surface area contributed by atoms with Gasteiger partial charge >= 0.3 is 6.03 Å². The number of fused-ring (bicyclic) bond motifs is 2. The van der Waals surface area contributed by atoms with Gasteiger partial charge in [-0.15, -0.1) is 6.58 Å². The summed E-state index contributed by atoms with van der Waals surface area (Å²) < 4.78 is 13.0. The Morgan fingerprint density at radius 3 is 2.15 bits per heavy atom. The zero-order valence-electron chi connectivity index (χ0n) is 33.1. The molecule has 0 aromatic carbocycles. The molecule has 1 spiro atoms. The lowest BCUT2D eigenvalue weighted by Crippen LogP contribution is -2.64. The van der Waals surface area contributed by atoms with Crippen LogP contribution in [0.5, 0.6) is 0 Å². The Morgan fingerprint density at radius 1 is 0.925 bits per heavy atom. The maximum Gasteiger partial charge on any atom is 0.315 e. The van der Waals surface area contributed by atoms with E-state index in [1.54, 1.807) is 4.90 Å². The van der Waals surface area contributed by atoms with Crippen LogP contribution in [0, 0.1) is 22.7 Å². The second-order valence-electron chi connectivity index (χ2n) is 18.4. The molecule has 1 saturated heterocycles. The molecule has 11 nitrogen and oxygen atoms in total. The van der Waals surface area contributed by atoms with Gasteiger partial charge in [0.2, 0.25) is 17.6 Å². The molecule has 0 bridgehead atoms. The van der Waals surface area contributed by atoms with Gasteiger partial charge in [-0.1, -0.05) is 71.3 Å². The Balaban J connectivity index is 1.42. The predicted octanol–water partition coefficient (Wildman–Crippen LogP) is 5.44. The summed E-state index contributed by atoms with van der Waals surface area (Å²) in [5.41, 5.74) is -0.990. The van der Waals surface area contributed by atoms with E-state index >= 15 is 4.79 Å². The van der Waals surface area contributed by atoms with E-state index in [-0.39, 0.29) is 29.7 Å². The average Bonchev–Trinajstić information content (AvgIpc) is 3.69. The number of Topliss-reactive ketones (excluding diaryl/α,β-unsaturated/α-hetero) is 1. The van der Waals surface area contributed by atoms with Crippen molar-refractivity contribution in [1.29, 1.82) is 0 Å². The lowest BCUT2D eigenvalue weighted by Gasteiger charge is -2.44. The summed E-state index contributed by atoms with van der Waals surface area (Å²) in [5.74, 6) is -1.60. The molecular formula is C41H67N5O6S. The zero-order valence-corrected chi connectivity index (χ0v) is 33.9. The summed E-state index contributed by atoms with van der Waals surface area (Å²) >= 11 is 0. The summed E-state index contributed by atoms with van der Waals surface area (Å²) in [6.07, 6.45) is 16.2. The molecule has 6 atom stereocenters. The number of rotatable bonds is 15. The largest absolute Gasteiger partial charge is 0.346 e. The van der Waals surface area contributed by atoms with Crippen molar-refractivity contribution in [1.82, 2.24) is 26.2 Å². The number of carbonyl (C=O) groups excluding carboxylic acids is 5. The number of nitrogens with one attached hydrogen (secondary N) is 4. The van der Waals surface area contributed by atoms with Gasteiger partial charge in [0.15, 0.2) is 0 Å². The highest BCUT2D eigenvalue weighted by atomic mass is 32.2. The molecule has 5 amide bonds. The number of urea groups is 1.